The van der Waals surface area contributed by atoms with Crippen molar-refractivity contribution in [2.24, 2.45) is 5.41 Å². The quantitative estimate of drug-likeness (QED) is 0.816. The molecular weight excluding hydrogens is 282 g/mol. The third-order valence-electron chi connectivity index (χ3n) is 3.06. The largest absolute Gasteiger partial charge is 0.508 e. The van der Waals surface area contributed by atoms with Crippen molar-refractivity contribution < 1.29 is 9.90 Å². The molecule has 0 saturated heterocycles. The van der Waals surface area contributed by atoms with Crippen LogP contribution in [-0.2, 0) is 4.79 Å². The van der Waals surface area contributed by atoms with E-state index in [1.54, 1.807) is 30.0 Å². The Bertz CT molecular complexity index is 611. The summed E-state index contributed by atoms with van der Waals surface area (Å²) in [6.07, 6.45) is 0. The third-order valence-corrected chi connectivity index (χ3v) is 4.52. The summed E-state index contributed by atoms with van der Waals surface area (Å²) in [5, 5.41) is 12.4. The standard InChI is InChI=1S/C17H19NO2S/c1-17(2,12-21-15-10-6-9-14(19)11-15)16(20)18-13-7-4-3-5-8-13/h3-11,19H,12H2,1-2H3,(H,18,20). The summed E-state index contributed by atoms with van der Waals surface area (Å²) in [6.45, 7) is 3.84. The lowest BCUT2D eigenvalue weighted by Crippen LogP contribution is -2.32. The second-order valence-corrected chi connectivity index (χ2v) is 6.54. The molecule has 0 aliphatic carbocycles. The first-order valence-corrected chi connectivity index (χ1v) is 7.74. The number of para-hydroxylation sites is 1. The molecule has 0 unspecified atom stereocenters. The maximum atomic E-state index is 12.3. The predicted octanol–water partition coefficient (Wildman–Crippen LogP) is 4.15. The highest BCUT2D eigenvalue weighted by molar-refractivity contribution is 7.99. The van der Waals surface area contributed by atoms with Gasteiger partial charge in [-0.2, -0.15) is 0 Å². The first-order chi connectivity index (χ1) is 9.97. The second-order valence-electron chi connectivity index (χ2n) is 5.49. The van der Waals surface area contributed by atoms with Gasteiger partial charge in [0.05, 0.1) is 5.41 Å². The highest BCUT2D eigenvalue weighted by Crippen LogP contribution is 2.30. The highest BCUT2D eigenvalue weighted by atomic mass is 32.2. The second kappa shape index (κ2) is 6.68. The number of thioether (sulfide) groups is 1. The normalized spacial score (nSPS) is 11.1. The van der Waals surface area contributed by atoms with Gasteiger partial charge in [-0.15, -0.1) is 11.8 Å². The van der Waals surface area contributed by atoms with Crippen LogP contribution in [-0.4, -0.2) is 16.8 Å². The van der Waals surface area contributed by atoms with Crippen LogP contribution in [0.1, 0.15) is 13.8 Å². The number of phenols is 1. The Labute approximate surface area is 129 Å². The van der Waals surface area contributed by atoms with E-state index in [-0.39, 0.29) is 11.7 Å². The molecule has 0 aliphatic rings. The van der Waals surface area contributed by atoms with Crippen molar-refractivity contribution in [1.82, 2.24) is 0 Å². The molecule has 0 aliphatic heterocycles. The molecule has 0 aromatic heterocycles. The first kappa shape index (κ1) is 15.4. The minimum Gasteiger partial charge on any atom is -0.508 e. The van der Waals surface area contributed by atoms with Crippen LogP contribution in [0.3, 0.4) is 0 Å². The SMILES string of the molecule is CC(C)(CSc1cccc(O)c1)C(=O)Nc1ccccc1. The lowest BCUT2D eigenvalue weighted by Gasteiger charge is -2.23. The van der Waals surface area contributed by atoms with E-state index in [4.69, 9.17) is 0 Å². The van der Waals surface area contributed by atoms with E-state index in [0.717, 1.165) is 10.6 Å². The zero-order chi connectivity index (χ0) is 15.3. The van der Waals surface area contributed by atoms with Gasteiger partial charge in [-0.3, -0.25) is 4.79 Å². The molecule has 0 bridgehead atoms. The number of carbonyl (C=O) groups excluding carboxylic acids is 1. The van der Waals surface area contributed by atoms with Gasteiger partial charge in [-0.25, -0.2) is 0 Å². The summed E-state index contributed by atoms with van der Waals surface area (Å²) in [5.41, 5.74) is 0.296. The number of carbonyl (C=O) groups is 1. The van der Waals surface area contributed by atoms with Gasteiger partial charge in [-0.1, -0.05) is 38.1 Å². The van der Waals surface area contributed by atoms with Crippen molar-refractivity contribution in [2.45, 2.75) is 18.7 Å². The fourth-order valence-electron chi connectivity index (χ4n) is 1.72. The van der Waals surface area contributed by atoms with Crippen molar-refractivity contribution >= 4 is 23.4 Å². The molecule has 0 saturated carbocycles. The van der Waals surface area contributed by atoms with Crippen LogP contribution in [0.4, 0.5) is 5.69 Å². The maximum Gasteiger partial charge on any atom is 0.230 e. The van der Waals surface area contributed by atoms with E-state index in [9.17, 15) is 9.90 Å². The zero-order valence-corrected chi connectivity index (χ0v) is 13.0. The summed E-state index contributed by atoms with van der Waals surface area (Å²) in [7, 11) is 0. The first-order valence-electron chi connectivity index (χ1n) is 6.76. The summed E-state index contributed by atoms with van der Waals surface area (Å²) >= 11 is 1.56. The molecule has 2 N–H and O–H groups in total. The fraction of sp³-hybridized carbons (Fsp3) is 0.235. The number of benzene rings is 2. The summed E-state index contributed by atoms with van der Waals surface area (Å²) < 4.78 is 0. The molecule has 1 amide bonds. The van der Waals surface area contributed by atoms with Crippen LogP contribution in [0.5, 0.6) is 5.75 Å². The van der Waals surface area contributed by atoms with E-state index in [1.807, 2.05) is 50.2 Å². The number of hydrogen-bond acceptors (Lipinski definition) is 3. The minimum absolute atomic E-state index is 0.0126. The highest BCUT2D eigenvalue weighted by Gasteiger charge is 2.27. The van der Waals surface area contributed by atoms with Gasteiger partial charge in [0.1, 0.15) is 5.75 Å². The van der Waals surface area contributed by atoms with Crippen LogP contribution in [0.15, 0.2) is 59.5 Å². The molecule has 0 radical (unpaired) electrons. The number of anilines is 1. The lowest BCUT2D eigenvalue weighted by molar-refractivity contribution is -0.122. The number of amides is 1. The molecular formula is C17H19NO2S. The Kier molecular flexibility index (Phi) is 4.91. The van der Waals surface area contributed by atoms with Crippen molar-refractivity contribution in [3.8, 4) is 5.75 Å². The number of aromatic hydroxyl groups is 1. The molecule has 2 rings (SSSR count). The molecule has 0 spiro atoms. The van der Waals surface area contributed by atoms with Crippen LogP contribution in [0.2, 0.25) is 0 Å². The number of hydrogen-bond donors (Lipinski definition) is 2. The molecule has 3 nitrogen and oxygen atoms in total. The molecule has 0 heterocycles. The zero-order valence-electron chi connectivity index (χ0n) is 12.2. The number of rotatable bonds is 5. The van der Waals surface area contributed by atoms with Gasteiger partial charge in [0, 0.05) is 16.3 Å². The van der Waals surface area contributed by atoms with E-state index in [2.05, 4.69) is 5.32 Å². The average molecular weight is 301 g/mol. The van der Waals surface area contributed by atoms with Gasteiger partial charge < -0.3 is 10.4 Å². The molecule has 2 aromatic carbocycles. The van der Waals surface area contributed by atoms with Gasteiger partial charge >= 0.3 is 0 Å². The monoisotopic (exact) mass is 301 g/mol. The molecule has 4 heteroatoms. The Morgan fingerprint density at radius 3 is 2.52 bits per heavy atom. The van der Waals surface area contributed by atoms with E-state index in [0.29, 0.717) is 5.75 Å². The molecule has 2 aromatic rings. The van der Waals surface area contributed by atoms with Crippen molar-refractivity contribution in [3.05, 3.63) is 54.6 Å². The van der Waals surface area contributed by atoms with Crippen LogP contribution >= 0.6 is 11.8 Å². The van der Waals surface area contributed by atoms with Crippen LogP contribution < -0.4 is 5.32 Å². The van der Waals surface area contributed by atoms with E-state index >= 15 is 0 Å². The molecule has 110 valence electrons. The molecule has 0 atom stereocenters. The van der Waals surface area contributed by atoms with E-state index in [1.165, 1.54) is 0 Å². The van der Waals surface area contributed by atoms with Gasteiger partial charge in [0.25, 0.3) is 0 Å². The Morgan fingerprint density at radius 2 is 1.86 bits per heavy atom. The van der Waals surface area contributed by atoms with Crippen molar-refractivity contribution in [3.63, 3.8) is 0 Å². The Hall–Kier alpha value is -1.94. The summed E-state index contributed by atoms with van der Waals surface area (Å²) in [6, 6.07) is 16.5. The fourth-order valence-corrected chi connectivity index (χ4v) is 2.76. The van der Waals surface area contributed by atoms with Crippen LogP contribution in [0.25, 0.3) is 0 Å². The van der Waals surface area contributed by atoms with Gasteiger partial charge in [0.15, 0.2) is 0 Å². The summed E-state index contributed by atoms with van der Waals surface area (Å²) in [4.78, 5) is 13.3. The Balaban J connectivity index is 1.96. The van der Waals surface area contributed by atoms with Crippen LogP contribution in [0, 0.1) is 5.41 Å². The minimum atomic E-state index is -0.508. The molecule has 0 fully saturated rings. The predicted molar refractivity (Wildman–Crippen MR) is 87.7 cm³/mol. The Morgan fingerprint density at radius 1 is 1.14 bits per heavy atom. The number of phenolic OH excluding ortho intramolecular Hbond substituents is 1. The van der Waals surface area contributed by atoms with Gasteiger partial charge in [-0.05, 0) is 30.3 Å². The van der Waals surface area contributed by atoms with Crippen molar-refractivity contribution in [2.75, 3.05) is 11.1 Å². The van der Waals surface area contributed by atoms with E-state index < -0.39 is 5.41 Å². The third kappa shape index (κ3) is 4.53. The molecule has 21 heavy (non-hydrogen) atoms. The van der Waals surface area contributed by atoms with Crippen molar-refractivity contribution in [1.29, 1.82) is 0 Å². The topological polar surface area (TPSA) is 49.3 Å². The van der Waals surface area contributed by atoms with Gasteiger partial charge in [0.2, 0.25) is 5.91 Å². The average Bonchev–Trinajstić information content (AvgIpc) is 2.46. The smallest absolute Gasteiger partial charge is 0.230 e. The summed E-state index contributed by atoms with van der Waals surface area (Å²) in [5.74, 6) is 0.864. The lowest BCUT2D eigenvalue weighted by atomic mass is 9.95. The maximum absolute atomic E-state index is 12.3. The number of nitrogens with one attached hydrogen (secondary N) is 1.